The van der Waals surface area contributed by atoms with Gasteiger partial charge in [-0.1, -0.05) is 23.4 Å². The molecule has 9 heteroatoms. The molecule has 0 aliphatic rings. The Balaban J connectivity index is 1.50. The van der Waals surface area contributed by atoms with Gasteiger partial charge in [0.1, 0.15) is 11.9 Å². The van der Waals surface area contributed by atoms with E-state index in [2.05, 4.69) is 20.4 Å². The molecule has 152 valence electrons. The van der Waals surface area contributed by atoms with Crippen molar-refractivity contribution in [3.8, 4) is 17.1 Å². The van der Waals surface area contributed by atoms with Crippen LogP contribution in [0.25, 0.3) is 17.1 Å². The largest absolute Gasteiger partial charge is 0.341 e. The number of carbonyl (C=O) groups excluding carboxylic acids is 1. The Morgan fingerprint density at radius 3 is 2.83 bits per heavy atom. The molecule has 2 aromatic heterocycles. The third-order valence-electron chi connectivity index (χ3n) is 4.63. The zero-order chi connectivity index (χ0) is 21.3. The summed E-state index contributed by atoms with van der Waals surface area (Å²) < 4.78 is 20.4. The monoisotopic (exact) mass is 407 g/mol. The molecular formula is C21H18FN5O3. The van der Waals surface area contributed by atoms with Crippen molar-refractivity contribution in [3.63, 3.8) is 0 Å². The Labute approximate surface area is 170 Å². The van der Waals surface area contributed by atoms with E-state index < -0.39 is 6.04 Å². The highest BCUT2D eigenvalue weighted by molar-refractivity contribution is 5.94. The second kappa shape index (κ2) is 7.78. The zero-order valence-electron chi connectivity index (χ0n) is 16.2. The number of aromatic nitrogens is 4. The predicted molar refractivity (Wildman–Crippen MR) is 107 cm³/mol. The lowest BCUT2D eigenvalue weighted by atomic mass is 10.1. The van der Waals surface area contributed by atoms with Gasteiger partial charge in [-0.2, -0.15) is 4.98 Å². The number of nitrogens with one attached hydrogen (secondary N) is 2. The van der Waals surface area contributed by atoms with E-state index in [0.29, 0.717) is 22.4 Å². The fourth-order valence-corrected chi connectivity index (χ4v) is 2.92. The number of hydrogen-bond donors (Lipinski definition) is 2. The molecular weight excluding hydrogens is 389 g/mol. The molecule has 0 bridgehead atoms. The van der Waals surface area contributed by atoms with Crippen LogP contribution in [0.15, 0.2) is 64.2 Å². The minimum atomic E-state index is -0.576. The van der Waals surface area contributed by atoms with Crippen molar-refractivity contribution in [2.24, 2.45) is 0 Å². The molecule has 30 heavy (non-hydrogen) atoms. The van der Waals surface area contributed by atoms with Crippen LogP contribution in [0.1, 0.15) is 34.8 Å². The third-order valence-corrected chi connectivity index (χ3v) is 4.63. The van der Waals surface area contributed by atoms with Crippen LogP contribution in [0.3, 0.4) is 0 Å². The van der Waals surface area contributed by atoms with Crippen molar-refractivity contribution < 1.29 is 13.7 Å². The molecule has 0 saturated heterocycles. The van der Waals surface area contributed by atoms with Gasteiger partial charge >= 0.3 is 5.69 Å². The van der Waals surface area contributed by atoms with E-state index in [0.717, 1.165) is 0 Å². The summed E-state index contributed by atoms with van der Waals surface area (Å²) in [4.78, 5) is 31.2. The quantitative estimate of drug-likeness (QED) is 0.529. The van der Waals surface area contributed by atoms with Crippen molar-refractivity contribution in [2.45, 2.75) is 19.9 Å². The summed E-state index contributed by atoms with van der Waals surface area (Å²) in [6.07, 6.45) is 3.10. The molecule has 0 fully saturated rings. The van der Waals surface area contributed by atoms with Crippen molar-refractivity contribution in [1.29, 1.82) is 0 Å². The van der Waals surface area contributed by atoms with E-state index in [4.69, 9.17) is 4.52 Å². The summed E-state index contributed by atoms with van der Waals surface area (Å²) in [6, 6.07) is 10.7. The lowest BCUT2D eigenvalue weighted by Crippen LogP contribution is -2.27. The van der Waals surface area contributed by atoms with E-state index >= 15 is 0 Å². The maximum Gasteiger partial charge on any atom is 0.330 e. The number of nitrogens with zero attached hydrogens (tertiary/aromatic N) is 3. The molecule has 1 unspecified atom stereocenters. The molecule has 2 N–H and O–H groups in total. The number of amides is 1. The van der Waals surface area contributed by atoms with E-state index in [9.17, 15) is 14.0 Å². The number of halogens is 1. The van der Waals surface area contributed by atoms with E-state index in [1.165, 1.54) is 16.8 Å². The first-order chi connectivity index (χ1) is 14.4. The molecule has 0 aliphatic heterocycles. The summed E-state index contributed by atoms with van der Waals surface area (Å²) in [5, 5.41) is 6.65. The maximum absolute atomic E-state index is 13.8. The smallest absolute Gasteiger partial charge is 0.330 e. The van der Waals surface area contributed by atoms with Crippen LogP contribution in [0.5, 0.6) is 0 Å². The highest BCUT2D eigenvalue weighted by Crippen LogP contribution is 2.21. The van der Waals surface area contributed by atoms with Crippen LogP contribution in [-0.4, -0.2) is 25.6 Å². The zero-order valence-corrected chi connectivity index (χ0v) is 16.2. The number of rotatable bonds is 5. The molecule has 0 spiro atoms. The molecule has 0 aliphatic carbocycles. The first kappa shape index (κ1) is 19.3. The Morgan fingerprint density at radius 1 is 1.27 bits per heavy atom. The number of carbonyl (C=O) groups is 1. The lowest BCUT2D eigenvalue weighted by Gasteiger charge is -2.10. The molecule has 0 saturated carbocycles. The van der Waals surface area contributed by atoms with Gasteiger partial charge in [0.2, 0.25) is 11.7 Å². The van der Waals surface area contributed by atoms with Crippen molar-refractivity contribution in [2.75, 3.05) is 0 Å². The SMILES string of the molecule is Cc1ccc(-c2noc(C(C)NC(=O)c3cccc(-n4cc[nH]c4=O)c3)n2)cc1F. The molecule has 8 nitrogen and oxygen atoms in total. The van der Waals surface area contributed by atoms with Gasteiger partial charge in [-0.05, 0) is 43.7 Å². The molecule has 1 atom stereocenters. The fourth-order valence-electron chi connectivity index (χ4n) is 2.92. The van der Waals surface area contributed by atoms with Crippen LogP contribution in [0.2, 0.25) is 0 Å². The number of imidazole rings is 1. The number of aromatic amines is 1. The summed E-state index contributed by atoms with van der Waals surface area (Å²) >= 11 is 0. The van der Waals surface area contributed by atoms with Crippen molar-refractivity contribution in [3.05, 3.63) is 88.2 Å². The molecule has 4 rings (SSSR count). The highest BCUT2D eigenvalue weighted by Gasteiger charge is 2.19. The van der Waals surface area contributed by atoms with Gasteiger partial charge in [0.05, 0.1) is 5.69 Å². The van der Waals surface area contributed by atoms with Gasteiger partial charge in [-0.3, -0.25) is 9.36 Å². The van der Waals surface area contributed by atoms with Gasteiger partial charge in [0.15, 0.2) is 0 Å². The van der Waals surface area contributed by atoms with Crippen molar-refractivity contribution >= 4 is 5.91 Å². The summed E-state index contributed by atoms with van der Waals surface area (Å²) in [5.41, 5.74) is 1.63. The number of hydrogen-bond acceptors (Lipinski definition) is 5. The summed E-state index contributed by atoms with van der Waals surface area (Å²) in [6.45, 7) is 3.37. The van der Waals surface area contributed by atoms with Crippen LogP contribution >= 0.6 is 0 Å². The van der Waals surface area contributed by atoms with Gasteiger partial charge in [0, 0.05) is 23.5 Å². The van der Waals surface area contributed by atoms with Crippen LogP contribution in [0, 0.1) is 12.7 Å². The second-order valence-corrected chi connectivity index (χ2v) is 6.80. The van der Waals surface area contributed by atoms with E-state index in [1.807, 2.05) is 0 Å². The average Bonchev–Trinajstić information content (AvgIpc) is 3.39. The summed E-state index contributed by atoms with van der Waals surface area (Å²) in [7, 11) is 0. The second-order valence-electron chi connectivity index (χ2n) is 6.80. The van der Waals surface area contributed by atoms with Crippen LogP contribution in [-0.2, 0) is 0 Å². The minimum absolute atomic E-state index is 0.192. The molecule has 1 amide bonds. The van der Waals surface area contributed by atoms with Crippen LogP contribution in [0.4, 0.5) is 4.39 Å². The predicted octanol–water partition coefficient (Wildman–Crippen LogP) is 3.15. The third kappa shape index (κ3) is 3.77. The van der Waals surface area contributed by atoms with E-state index in [-0.39, 0.29) is 29.1 Å². The first-order valence-corrected chi connectivity index (χ1v) is 9.20. The number of aryl methyl sites for hydroxylation is 1. The Bertz CT molecular complexity index is 1270. The highest BCUT2D eigenvalue weighted by atomic mass is 19.1. The Morgan fingerprint density at radius 2 is 2.10 bits per heavy atom. The molecule has 4 aromatic rings. The first-order valence-electron chi connectivity index (χ1n) is 9.20. The fraction of sp³-hybridized carbons (Fsp3) is 0.143. The Kier molecular flexibility index (Phi) is 5.01. The topological polar surface area (TPSA) is 106 Å². The normalized spacial score (nSPS) is 12.0. The minimum Gasteiger partial charge on any atom is -0.341 e. The van der Waals surface area contributed by atoms with Crippen molar-refractivity contribution in [1.82, 2.24) is 25.0 Å². The number of H-pyrrole nitrogens is 1. The molecule has 2 aromatic carbocycles. The molecule has 2 heterocycles. The number of benzene rings is 2. The Hall–Kier alpha value is -4.01. The molecule has 0 radical (unpaired) electrons. The van der Waals surface area contributed by atoms with Gasteiger partial charge in [-0.15, -0.1) is 0 Å². The van der Waals surface area contributed by atoms with Gasteiger partial charge in [0.25, 0.3) is 5.91 Å². The van der Waals surface area contributed by atoms with Gasteiger partial charge in [-0.25, -0.2) is 9.18 Å². The lowest BCUT2D eigenvalue weighted by molar-refractivity contribution is 0.0932. The van der Waals surface area contributed by atoms with E-state index in [1.54, 1.807) is 56.4 Å². The summed E-state index contributed by atoms with van der Waals surface area (Å²) in [5.74, 6) is -0.299. The maximum atomic E-state index is 13.8. The average molecular weight is 407 g/mol. The van der Waals surface area contributed by atoms with Gasteiger partial charge < -0.3 is 14.8 Å². The standard InChI is InChI=1S/C21H18FN5O3/c1-12-6-7-14(11-17(12)22)18-25-20(30-26-18)13(2)24-19(28)15-4-3-5-16(10-15)27-9-8-23-21(27)29/h3-11,13H,1-2H3,(H,23,29)(H,24,28). The van der Waals surface area contributed by atoms with Crippen LogP contribution < -0.4 is 11.0 Å².